The molecule has 0 saturated heterocycles. The van der Waals surface area contributed by atoms with Crippen molar-refractivity contribution in [1.82, 2.24) is 4.90 Å². The number of unbranched alkanes of at least 4 members (excludes halogenated alkanes) is 1. The van der Waals surface area contributed by atoms with E-state index in [2.05, 4.69) is 44.0 Å². The molecule has 0 fully saturated rings. The van der Waals surface area contributed by atoms with Crippen LogP contribution < -0.4 is 0 Å². The van der Waals surface area contributed by atoms with E-state index >= 15 is 0 Å². The standard InChI is InChI=1S/C12H21N/c1-4-5-10-13(3)12-8-6-11(2)7-9-12/h6,8-9,11H,4-5,7,10H2,1-3H3. The summed E-state index contributed by atoms with van der Waals surface area (Å²) in [7, 11) is 2.18. The van der Waals surface area contributed by atoms with E-state index in [-0.39, 0.29) is 0 Å². The van der Waals surface area contributed by atoms with Gasteiger partial charge in [0.05, 0.1) is 0 Å². The molecule has 1 atom stereocenters. The van der Waals surface area contributed by atoms with Gasteiger partial charge in [-0.1, -0.05) is 32.4 Å². The second kappa shape index (κ2) is 5.11. The van der Waals surface area contributed by atoms with E-state index in [1.54, 1.807) is 0 Å². The van der Waals surface area contributed by atoms with E-state index in [0.717, 1.165) is 5.92 Å². The van der Waals surface area contributed by atoms with Gasteiger partial charge in [-0.3, -0.25) is 0 Å². The zero-order chi connectivity index (χ0) is 9.68. The summed E-state index contributed by atoms with van der Waals surface area (Å²) >= 11 is 0. The molecule has 0 amide bonds. The third-order valence-corrected chi connectivity index (χ3v) is 2.58. The van der Waals surface area contributed by atoms with Crippen molar-refractivity contribution in [3.05, 3.63) is 23.9 Å². The van der Waals surface area contributed by atoms with E-state index in [4.69, 9.17) is 0 Å². The second-order valence-electron chi connectivity index (χ2n) is 3.98. The fourth-order valence-corrected chi connectivity index (χ4v) is 1.52. The molecule has 1 aliphatic rings. The SMILES string of the molecule is CCCCN(C)C1=CCC(C)C=C1. The lowest BCUT2D eigenvalue weighted by molar-refractivity contribution is 0.412. The zero-order valence-electron chi connectivity index (χ0n) is 9.09. The molecule has 0 saturated carbocycles. The van der Waals surface area contributed by atoms with Crippen molar-refractivity contribution in [2.75, 3.05) is 13.6 Å². The minimum atomic E-state index is 0.725. The maximum absolute atomic E-state index is 2.35. The molecule has 1 rings (SSSR count). The quantitative estimate of drug-likeness (QED) is 0.640. The Bertz CT molecular complexity index is 203. The molecule has 0 aromatic rings. The van der Waals surface area contributed by atoms with Crippen molar-refractivity contribution in [1.29, 1.82) is 0 Å². The molecule has 0 N–H and O–H groups in total. The Hall–Kier alpha value is -0.720. The fraction of sp³-hybridized carbons (Fsp3) is 0.667. The summed E-state index contributed by atoms with van der Waals surface area (Å²) in [6.45, 7) is 5.68. The molecule has 0 aliphatic heterocycles. The van der Waals surface area contributed by atoms with Gasteiger partial charge in [0, 0.05) is 19.3 Å². The second-order valence-corrected chi connectivity index (χ2v) is 3.98. The van der Waals surface area contributed by atoms with Gasteiger partial charge in [0.15, 0.2) is 0 Å². The molecule has 1 unspecified atom stereocenters. The topological polar surface area (TPSA) is 3.24 Å². The van der Waals surface area contributed by atoms with E-state index in [1.807, 2.05) is 0 Å². The van der Waals surface area contributed by atoms with Crippen molar-refractivity contribution in [2.24, 2.45) is 5.92 Å². The summed E-state index contributed by atoms with van der Waals surface area (Å²) in [5, 5.41) is 0. The minimum absolute atomic E-state index is 0.725. The zero-order valence-corrected chi connectivity index (χ0v) is 9.09. The number of allylic oxidation sites excluding steroid dienone is 3. The van der Waals surface area contributed by atoms with E-state index in [1.165, 1.54) is 31.5 Å². The lowest BCUT2D eigenvalue weighted by Gasteiger charge is -2.23. The first-order valence-corrected chi connectivity index (χ1v) is 5.33. The minimum Gasteiger partial charge on any atom is -0.375 e. The molecule has 0 bridgehead atoms. The first-order chi connectivity index (χ1) is 6.24. The van der Waals surface area contributed by atoms with E-state index in [0.29, 0.717) is 0 Å². The third-order valence-electron chi connectivity index (χ3n) is 2.58. The van der Waals surface area contributed by atoms with Crippen LogP contribution in [0.3, 0.4) is 0 Å². The highest BCUT2D eigenvalue weighted by molar-refractivity contribution is 5.21. The molecule has 0 aromatic heterocycles. The van der Waals surface area contributed by atoms with Gasteiger partial charge < -0.3 is 4.90 Å². The molecule has 0 spiro atoms. The first kappa shape index (κ1) is 10.4. The number of likely N-dealkylation sites (N-methyl/N-ethyl adjacent to an activating group) is 1. The maximum atomic E-state index is 2.35. The Labute approximate surface area is 82.1 Å². The third kappa shape index (κ3) is 3.25. The smallest absolute Gasteiger partial charge is 0.0320 e. The summed E-state index contributed by atoms with van der Waals surface area (Å²) in [5.41, 5.74) is 1.39. The van der Waals surface area contributed by atoms with Gasteiger partial charge in [-0.25, -0.2) is 0 Å². The van der Waals surface area contributed by atoms with Crippen LogP contribution in [-0.2, 0) is 0 Å². The van der Waals surface area contributed by atoms with Crippen molar-refractivity contribution in [3.63, 3.8) is 0 Å². The molecular weight excluding hydrogens is 158 g/mol. The van der Waals surface area contributed by atoms with Crippen LogP contribution >= 0.6 is 0 Å². The lowest BCUT2D eigenvalue weighted by Crippen LogP contribution is -2.19. The average Bonchev–Trinajstić information content (AvgIpc) is 2.15. The van der Waals surface area contributed by atoms with Gasteiger partial charge in [-0.05, 0) is 24.8 Å². The van der Waals surface area contributed by atoms with Crippen LogP contribution in [0.15, 0.2) is 23.9 Å². The molecule has 1 nitrogen and oxygen atoms in total. The van der Waals surface area contributed by atoms with Crippen LogP contribution in [0.5, 0.6) is 0 Å². The highest BCUT2D eigenvalue weighted by Crippen LogP contribution is 2.17. The molecule has 0 radical (unpaired) electrons. The van der Waals surface area contributed by atoms with Crippen LogP contribution in [0.2, 0.25) is 0 Å². The van der Waals surface area contributed by atoms with Crippen molar-refractivity contribution in [3.8, 4) is 0 Å². The van der Waals surface area contributed by atoms with Crippen molar-refractivity contribution in [2.45, 2.75) is 33.1 Å². The summed E-state index contributed by atoms with van der Waals surface area (Å²) in [6, 6.07) is 0. The first-order valence-electron chi connectivity index (χ1n) is 5.33. The van der Waals surface area contributed by atoms with Crippen LogP contribution in [0.25, 0.3) is 0 Å². The van der Waals surface area contributed by atoms with Crippen LogP contribution in [-0.4, -0.2) is 18.5 Å². The molecule has 1 heteroatoms. The number of nitrogens with zero attached hydrogens (tertiary/aromatic N) is 1. The number of hydrogen-bond acceptors (Lipinski definition) is 1. The van der Waals surface area contributed by atoms with E-state index in [9.17, 15) is 0 Å². The number of hydrogen-bond donors (Lipinski definition) is 0. The molecule has 13 heavy (non-hydrogen) atoms. The molecule has 74 valence electrons. The van der Waals surface area contributed by atoms with Gasteiger partial charge in [0.1, 0.15) is 0 Å². The predicted molar refractivity (Wildman–Crippen MR) is 58.5 cm³/mol. The van der Waals surface area contributed by atoms with E-state index < -0.39 is 0 Å². The Kier molecular flexibility index (Phi) is 4.07. The normalized spacial score (nSPS) is 21.5. The highest BCUT2D eigenvalue weighted by Gasteiger charge is 2.06. The maximum Gasteiger partial charge on any atom is 0.0320 e. The molecule has 0 heterocycles. The van der Waals surface area contributed by atoms with Crippen LogP contribution in [0, 0.1) is 5.92 Å². The van der Waals surface area contributed by atoms with Gasteiger partial charge >= 0.3 is 0 Å². The number of rotatable bonds is 4. The van der Waals surface area contributed by atoms with Gasteiger partial charge in [-0.2, -0.15) is 0 Å². The Morgan fingerprint density at radius 3 is 2.85 bits per heavy atom. The average molecular weight is 179 g/mol. The molecule has 1 aliphatic carbocycles. The van der Waals surface area contributed by atoms with Crippen LogP contribution in [0.1, 0.15) is 33.1 Å². The summed E-state index contributed by atoms with van der Waals surface area (Å²) in [6.07, 6.45) is 10.7. The van der Waals surface area contributed by atoms with Gasteiger partial charge in [-0.15, -0.1) is 0 Å². The van der Waals surface area contributed by atoms with Crippen LogP contribution in [0.4, 0.5) is 0 Å². The summed E-state index contributed by atoms with van der Waals surface area (Å²) < 4.78 is 0. The highest BCUT2D eigenvalue weighted by atomic mass is 15.1. The fourth-order valence-electron chi connectivity index (χ4n) is 1.52. The summed E-state index contributed by atoms with van der Waals surface area (Å²) in [4.78, 5) is 2.35. The van der Waals surface area contributed by atoms with Crippen molar-refractivity contribution >= 4 is 0 Å². The largest absolute Gasteiger partial charge is 0.375 e. The Morgan fingerprint density at radius 2 is 2.31 bits per heavy atom. The van der Waals surface area contributed by atoms with Gasteiger partial charge in [0.2, 0.25) is 0 Å². The lowest BCUT2D eigenvalue weighted by atomic mass is 10.0. The predicted octanol–water partition coefficient (Wildman–Crippen LogP) is 3.20. The van der Waals surface area contributed by atoms with Crippen molar-refractivity contribution < 1.29 is 0 Å². The molecule has 0 aromatic carbocycles. The monoisotopic (exact) mass is 179 g/mol. The molecular formula is C12H21N. The summed E-state index contributed by atoms with van der Waals surface area (Å²) in [5.74, 6) is 0.725. The Morgan fingerprint density at radius 1 is 1.54 bits per heavy atom. The Balaban J connectivity index is 2.39. The van der Waals surface area contributed by atoms with Gasteiger partial charge in [0.25, 0.3) is 0 Å².